The van der Waals surface area contributed by atoms with E-state index in [2.05, 4.69) is 210 Å². The second-order valence-electron chi connectivity index (χ2n) is 22.1. The van der Waals surface area contributed by atoms with E-state index in [1.807, 2.05) is 0 Å². The maximum absolute atomic E-state index is 6.99. The molecule has 0 radical (unpaired) electrons. The SMILES string of the molecule is CCCCCCCCCCCCOc1cc(/C=C/c2c3ccccc3c(-c3ccc(C)cc3)c3ccccc23)c(OCCCCCCCCCCCC)cc1/C=C/c1c2ccccc2c(-c2ccc(C)cc2)c2ccccc12. The van der Waals surface area contributed by atoms with Gasteiger partial charge in [0.2, 0.25) is 0 Å². The zero-order valence-corrected chi connectivity index (χ0v) is 47.7. The first-order chi connectivity index (χ1) is 38.5. The van der Waals surface area contributed by atoms with Crippen LogP contribution in [0.1, 0.15) is 176 Å². The van der Waals surface area contributed by atoms with E-state index in [-0.39, 0.29) is 0 Å². The minimum Gasteiger partial charge on any atom is -0.493 e. The summed E-state index contributed by atoms with van der Waals surface area (Å²) in [4.78, 5) is 0. The molecule has 0 saturated carbocycles. The Bertz CT molecular complexity index is 3050. The zero-order valence-electron chi connectivity index (χ0n) is 47.7. The third kappa shape index (κ3) is 14.4. The summed E-state index contributed by atoms with van der Waals surface area (Å²) in [6, 6.07) is 58.3. The summed E-state index contributed by atoms with van der Waals surface area (Å²) in [5.41, 5.74) is 12.1. The summed E-state index contributed by atoms with van der Waals surface area (Å²) in [6.45, 7) is 10.3. The molecule has 2 heteroatoms. The lowest BCUT2D eigenvalue weighted by Gasteiger charge is -2.17. The van der Waals surface area contributed by atoms with E-state index >= 15 is 0 Å². The topological polar surface area (TPSA) is 18.5 Å². The molecule has 0 N–H and O–H groups in total. The van der Waals surface area contributed by atoms with Crippen molar-refractivity contribution in [1.82, 2.24) is 0 Å². The third-order valence-corrected chi connectivity index (χ3v) is 16.1. The van der Waals surface area contributed by atoms with Gasteiger partial charge in [0, 0.05) is 11.1 Å². The summed E-state index contributed by atoms with van der Waals surface area (Å²) >= 11 is 0. The van der Waals surface area contributed by atoms with Crippen LogP contribution in [0.5, 0.6) is 11.5 Å². The minimum absolute atomic E-state index is 0.673. The predicted octanol–water partition coefficient (Wildman–Crippen LogP) is 23.2. The highest BCUT2D eigenvalue weighted by Crippen LogP contribution is 2.43. The van der Waals surface area contributed by atoms with E-state index in [4.69, 9.17) is 9.47 Å². The molecule has 9 aromatic rings. The van der Waals surface area contributed by atoms with E-state index < -0.39 is 0 Å². The first-order valence-electron chi connectivity index (χ1n) is 30.3. The quantitative estimate of drug-likeness (QED) is 0.0254. The minimum atomic E-state index is 0.673. The van der Waals surface area contributed by atoms with Crippen molar-refractivity contribution < 1.29 is 9.47 Å². The van der Waals surface area contributed by atoms with E-state index in [1.165, 1.54) is 203 Å². The Labute approximate surface area is 468 Å². The fourth-order valence-electron chi connectivity index (χ4n) is 11.7. The Morgan fingerprint density at radius 1 is 0.295 bits per heavy atom. The highest BCUT2D eigenvalue weighted by Gasteiger charge is 2.18. The van der Waals surface area contributed by atoms with Gasteiger partial charge in [-0.2, -0.15) is 0 Å². The van der Waals surface area contributed by atoms with Gasteiger partial charge in [0.05, 0.1) is 13.2 Å². The lowest BCUT2D eigenvalue weighted by atomic mass is 9.88. The van der Waals surface area contributed by atoms with Crippen LogP contribution in [-0.2, 0) is 0 Å². The van der Waals surface area contributed by atoms with Crippen LogP contribution < -0.4 is 9.47 Å². The van der Waals surface area contributed by atoms with Crippen molar-refractivity contribution in [3.63, 3.8) is 0 Å². The van der Waals surface area contributed by atoms with Crippen molar-refractivity contribution in [2.45, 2.75) is 156 Å². The van der Waals surface area contributed by atoms with Gasteiger partial charge in [0.1, 0.15) is 11.5 Å². The predicted molar refractivity (Wildman–Crippen MR) is 342 cm³/mol. The first-order valence-corrected chi connectivity index (χ1v) is 30.3. The average molecular weight is 1030 g/mol. The molecular formula is C76H86O2. The van der Waals surface area contributed by atoms with Gasteiger partial charge in [0.15, 0.2) is 0 Å². The number of unbranched alkanes of at least 4 members (excludes halogenated alkanes) is 18. The molecule has 0 aliphatic rings. The van der Waals surface area contributed by atoms with E-state index in [9.17, 15) is 0 Å². The maximum Gasteiger partial charge on any atom is 0.127 e. The van der Waals surface area contributed by atoms with Crippen LogP contribution in [0.15, 0.2) is 158 Å². The maximum atomic E-state index is 6.99. The number of benzene rings is 9. The molecule has 0 aliphatic carbocycles. The molecule has 0 aromatic heterocycles. The van der Waals surface area contributed by atoms with Crippen molar-refractivity contribution >= 4 is 67.4 Å². The number of aryl methyl sites for hydroxylation is 2. The standard InChI is InChI=1S/C76H86O2/c1-5-7-9-11-13-15-17-19-21-31-53-77-73-55-62(50-52-68-65-35-25-29-39-71(65)76(60-47-43-58(4)44-48-60)72-40-30-26-36-66(68)72)74(78-54-32-22-20-18-16-14-12-10-8-6-2)56-61(73)49-51-67-63-33-23-27-37-69(63)75(59-45-41-57(3)42-46-59)70-38-28-24-34-64(67)70/h23-30,33-52,55-56H,5-22,31-32,53-54H2,1-4H3/b51-49+,52-50+. The monoisotopic (exact) mass is 1030 g/mol. The smallest absolute Gasteiger partial charge is 0.127 e. The summed E-state index contributed by atoms with van der Waals surface area (Å²) in [6.07, 6.45) is 35.0. The number of hydrogen-bond acceptors (Lipinski definition) is 2. The molecule has 0 heterocycles. The highest BCUT2D eigenvalue weighted by atomic mass is 16.5. The molecule has 0 fully saturated rings. The molecule has 9 rings (SSSR count). The molecule has 0 atom stereocenters. The van der Waals surface area contributed by atoms with Gasteiger partial charge < -0.3 is 9.47 Å². The molecule has 0 spiro atoms. The molecule has 9 aromatic carbocycles. The van der Waals surface area contributed by atoms with Gasteiger partial charge >= 0.3 is 0 Å². The van der Waals surface area contributed by atoms with Crippen molar-refractivity contribution in [3.8, 4) is 33.8 Å². The average Bonchev–Trinajstić information content (AvgIpc) is 3.52. The van der Waals surface area contributed by atoms with Crippen LogP contribution in [-0.4, -0.2) is 13.2 Å². The molecule has 0 amide bonds. The van der Waals surface area contributed by atoms with Crippen molar-refractivity contribution in [1.29, 1.82) is 0 Å². The molecule has 2 nitrogen and oxygen atoms in total. The van der Waals surface area contributed by atoms with Gasteiger partial charge in [-0.3, -0.25) is 0 Å². The second kappa shape index (κ2) is 29.2. The Hall–Kier alpha value is -6.90. The zero-order chi connectivity index (χ0) is 53.7. The fourth-order valence-corrected chi connectivity index (χ4v) is 11.7. The van der Waals surface area contributed by atoms with Crippen LogP contribution in [0.2, 0.25) is 0 Å². The van der Waals surface area contributed by atoms with Crippen LogP contribution in [0.3, 0.4) is 0 Å². The summed E-state index contributed by atoms with van der Waals surface area (Å²) < 4.78 is 14.0. The Kier molecular flexibility index (Phi) is 20.9. The normalized spacial score (nSPS) is 11.8. The van der Waals surface area contributed by atoms with Crippen LogP contribution in [0.4, 0.5) is 0 Å². The lowest BCUT2D eigenvalue weighted by molar-refractivity contribution is 0.295. The van der Waals surface area contributed by atoms with Gasteiger partial charge in [0.25, 0.3) is 0 Å². The number of fused-ring (bicyclic) bond motifs is 4. The molecule has 0 bridgehead atoms. The summed E-state index contributed by atoms with van der Waals surface area (Å²) in [7, 11) is 0. The van der Waals surface area contributed by atoms with Gasteiger partial charge in [-0.05, 0) is 115 Å². The molecule has 0 aliphatic heterocycles. The molecule has 0 unspecified atom stereocenters. The number of ether oxygens (including phenoxy) is 2. The highest BCUT2D eigenvalue weighted by molar-refractivity contribution is 6.19. The van der Waals surface area contributed by atoms with E-state index in [1.54, 1.807) is 0 Å². The molecule has 402 valence electrons. The van der Waals surface area contributed by atoms with Gasteiger partial charge in [-0.1, -0.05) is 310 Å². The van der Waals surface area contributed by atoms with Gasteiger partial charge in [-0.25, -0.2) is 0 Å². The molecule has 78 heavy (non-hydrogen) atoms. The Morgan fingerprint density at radius 3 is 0.859 bits per heavy atom. The Morgan fingerprint density at radius 2 is 0.564 bits per heavy atom. The molecular weight excluding hydrogens is 945 g/mol. The number of hydrogen-bond donors (Lipinski definition) is 0. The fraction of sp³-hybridized carbons (Fsp3) is 0.342. The first kappa shape index (κ1) is 55.8. The van der Waals surface area contributed by atoms with Crippen molar-refractivity contribution in [2.24, 2.45) is 0 Å². The summed E-state index contributed by atoms with van der Waals surface area (Å²) in [5, 5.41) is 9.97. The Balaban J connectivity index is 1.09. The van der Waals surface area contributed by atoms with Crippen molar-refractivity contribution in [3.05, 3.63) is 191 Å². The largest absolute Gasteiger partial charge is 0.493 e. The van der Waals surface area contributed by atoms with Crippen LogP contribution >= 0.6 is 0 Å². The third-order valence-electron chi connectivity index (χ3n) is 16.1. The van der Waals surface area contributed by atoms with E-state index in [0.717, 1.165) is 35.5 Å². The van der Waals surface area contributed by atoms with Crippen LogP contribution in [0.25, 0.3) is 89.6 Å². The van der Waals surface area contributed by atoms with Gasteiger partial charge in [-0.15, -0.1) is 0 Å². The number of rotatable bonds is 30. The van der Waals surface area contributed by atoms with E-state index in [0.29, 0.717) is 13.2 Å². The van der Waals surface area contributed by atoms with Crippen molar-refractivity contribution in [2.75, 3.05) is 13.2 Å². The summed E-state index contributed by atoms with van der Waals surface area (Å²) in [5.74, 6) is 1.78. The van der Waals surface area contributed by atoms with Crippen LogP contribution in [0, 0.1) is 13.8 Å². The second-order valence-corrected chi connectivity index (χ2v) is 22.1. The lowest BCUT2D eigenvalue weighted by Crippen LogP contribution is -2.03. The molecule has 0 saturated heterocycles.